The standard InChI is InChI=1S/C7H11NO6/c1-13-6(11)4-8(3-5(9)10)7(12)14-2/h3-4H2,1-2H3,(H,9,10). The molecule has 0 atom stereocenters. The molecule has 0 spiro atoms. The van der Waals surface area contributed by atoms with E-state index in [0.717, 1.165) is 14.2 Å². The molecule has 0 aliphatic carbocycles. The number of rotatable bonds is 4. The van der Waals surface area contributed by atoms with Crippen LogP contribution in [0.3, 0.4) is 0 Å². The Morgan fingerprint density at radius 1 is 1.14 bits per heavy atom. The number of carboxylic acids is 1. The number of hydrogen-bond donors (Lipinski definition) is 1. The Kier molecular flexibility index (Phi) is 5.05. The molecule has 0 radical (unpaired) electrons. The third kappa shape index (κ3) is 4.29. The summed E-state index contributed by atoms with van der Waals surface area (Å²) >= 11 is 0. The van der Waals surface area contributed by atoms with Crippen LogP contribution in [0.2, 0.25) is 0 Å². The van der Waals surface area contributed by atoms with Crippen molar-refractivity contribution >= 4 is 18.0 Å². The van der Waals surface area contributed by atoms with Crippen molar-refractivity contribution in [2.75, 3.05) is 27.3 Å². The van der Waals surface area contributed by atoms with E-state index in [2.05, 4.69) is 9.47 Å². The number of aliphatic carboxylic acids is 1. The number of ether oxygens (including phenoxy) is 2. The Bertz CT molecular complexity index is 238. The molecular weight excluding hydrogens is 194 g/mol. The van der Waals surface area contributed by atoms with E-state index in [-0.39, 0.29) is 0 Å². The molecule has 0 fully saturated rings. The number of methoxy groups -OCH3 is 2. The van der Waals surface area contributed by atoms with E-state index in [0.29, 0.717) is 4.90 Å². The van der Waals surface area contributed by atoms with Crippen LogP contribution < -0.4 is 0 Å². The summed E-state index contributed by atoms with van der Waals surface area (Å²) in [6.45, 7) is -1.06. The van der Waals surface area contributed by atoms with E-state index >= 15 is 0 Å². The number of amides is 1. The smallest absolute Gasteiger partial charge is 0.410 e. The second kappa shape index (κ2) is 5.79. The topological polar surface area (TPSA) is 93.1 Å². The Morgan fingerprint density at radius 2 is 1.71 bits per heavy atom. The lowest BCUT2D eigenvalue weighted by Crippen LogP contribution is -2.39. The predicted molar refractivity (Wildman–Crippen MR) is 43.6 cm³/mol. The monoisotopic (exact) mass is 205 g/mol. The average Bonchev–Trinajstić information content (AvgIpc) is 2.14. The van der Waals surface area contributed by atoms with Crippen molar-refractivity contribution in [1.82, 2.24) is 4.90 Å². The summed E-state index contributed by atoms with van der Waals surface area (Å²) < 4.78 is 8.55. The highest BCUT2D eigenvalue weighted by atomic mass is 16.5. The third-order valence-corrected chi connectivity index (χ3v) is 1.31. The van der Waals surface area contributed by atoms with Gasteiger partial charge in [-0.3, -0.25) is 14.5 Å². The van der Waals surface area contributed by atoms with E-state index in [1.54, 1.807) is 0 Å². The van der Waals surface area contributed by atoms with Gasteiger partial charge < -0.3 is 14.6 Å². The lowest BCUT2D eigenvalue weighted by Gasteiger charge is -2.16. The van der Waals surface area contributed by atoms with Gasteiger partial charge in [-0.25, -0.2) is 4.79 Å². The summed E-state index contributed by atoms with van der Waals surface area (Å²) in [6, 6.07) is 0. The molecule has 0 heterocycles. The van der Waals surface area contributed by atoms with Crippen LogP contribution in [-0.4, -0.2) is 55.3 Å². The molecule has 0 unspecified atom stereocenters. The molecule has 1 amide bonds. The van der Waals surface area contributed by atoms with E-state index < -0.39 is 31.1 Å². The van der Waals surface area contributed by atoms with Gasteiger partial charge >= 0.3 is 18.0 Å². The number of carbonyl (C=O) groups excluding carboxylic acids is 2. The van der Waals surface area contributed by atoms with Crippen molar-refractivity contribution < 1.29 is 29.0 Å². The number of nitrogens with zero attached hydrogens (tertiary/aromatic N) is 1. The molecule has 0 aliphatic rings. The molecular formula is C7H11NO6. The molecule has 80 valence electrons. The molecule has 0 saturated carbocycles. The van der Waals surface area contributed by atoms with E-state index in [9.17, 15) is 14.4 Å². The fourth-order valence-electron chi connectivity index (χ4n) is 0.698. The quantitative estimate of drug-likeness (QED) is 0.611. The third-order valence-electron chi connectivity index (χ3n) is 1.31. The first kappa shape index (κ1) is 12.2. The minimum atomic E-state index is -1.24. The zero-order valence-electron chi connectivity index (χ0n) is 7.85. The second-order valence-electron chi connectivity index (χ2n) is 2.30. The molecule has 0 aliphatic heterocycles. The molecule has 0 aromatic rings. The van der Waals surface area contributed by atoms with Crippen LogP contribution in [0.1, 0.15) is 0 Å². The van der Waals surface area contributed by atoms with Crippen molar-refractivity contribution in [1.29, 1.82) is 0 Å². The second-order valence-corrected chi connectivity index (χ2v) is 2.30. The highest BCUT2D eigenvalue weighted by Crippen LogP contribution is 1.93. The summed E-state index contributed by atoms with van der Waals surface area (Å²) in [5.74, 6) is -1.95. The number of hydrogen-bond acceptors (Lipinski definition) is 5. The maximum absolute atomic E-state index is 10.9. The Morgan fingerprint density at radius 3 is 2.07 bits per heavy atom. The normalized spacial score (nSPS) is 9.00. The number of carbonyl (C=O) groups is 3. The molecule has 0 aromatic heterocycles. The SMILES string of the molecule is COC(=O)CN(CC(=O)O)C(=O)OC. The minimum absolute atomic E-state index is 0.449. The van der Waals surface area contributed by atoms with Gasteiger partial charge in [-0.2, -0.15) is 0 Å². The Hall–Kier alpha value is -1.79. The summed E-state index contributed by atoms with van der Waals surface area (Å²) in [6.07, 6.45) is -0.891. The van der Waals surface area contributed by atoms with Gasteiger partial charge in [-0.05, 0) is 0 Å². The fraction of sp³-hybridized carbons (Fsp3) is 0.571. The van der Waals surface area contributed by atoms with Crippen LogP contribution in [0.15, 0.2) is 0 Å². The highest BCUT2D eigenvalue weighted by molar-refractivity contribution is 5.81. The van der Waals surface area contributed by atoms with Gasteiger partial charge in [-0.1, -0.05) is 0 Å². The average molecular weight is 205 g/mol. The van der Waals surface area contributed by atoms with Gasteiger partial charge in [0.05, 0.1) is 14.2 Å². The lowest BCUT2D eigenvalue weighted by molar-refractivity contribution is -0.143. The summed E-state index contributed by atoms with van der Waals surface area (Å²) in [4.78, 5) is 32.7. The van der Waals surface area contributed by atoms with Crippen LogP contribution in [0, 0.1) is 0 Å². The number of carboxylic acid groups (broad SMARTS) is 1. The van der Waals surface area contributed by atoms with Crippen molar-refractivity contribution in [3.05, 3.63) is 0 Å². The molecule has 14 heavy (non-hydrogen) atoms. The van der Waals surface area contributed by atoms with E-state index in [1.165, 1.54) is 0 Å². The van der Waals surface area contributed by atoms with Crippen molar-refractivity contribution in [2.45, 2.75) is 0 Å². The molecule has 1 N–H and O–H groups in total. The van der Waals surface area contributed by atoms with Gasteiger partial charge in [0, 0.05) is 0 Å². The zero-order chi connectivity index (χ0) is 11.1. The fourth-order valence-corrected chi connectivity index (χ4v) is 0.698. The maximum Gasteiger partial charge on any atom is 0.410 e. The van der Waals surface area contributed by atoms with Crippen LogP contribution >= 0.6 is 0 Å². The molecule has 0 aromatic carbocycles. The van der Waals surface area contributed by atoms with Gasteiger partial charge in [0.25, 0.3) is 0 Å². The first-order valence-electron chi connectivity index (χ1n) is 3.62. The van der Waals surface area contributed by atoms with Gasteiger partial charge in [0.1, 0.15) is 13.1 Å². The van der Waals surface area contributed by atoms with Crippen molar-refractivity contribution in [3.63, 3.8) is 0 Å². The van der Waals surface area contributed by atoms with Crippen molar-refractivity contribution in [3.8, 4) is 0 Å². The number of esters is 1. The van der Waals surface area contributed by atoms with Gasteiger partial charge in [-0.15, -0.1) is 0 Å². The Labute approximate surface area is 80.2 Å². The van der Waals surface area contributed by atoms with Gasteiger partial charge in [0.2, 0.25) is 0 Å². The van der Waals surface area contributed by atoms with E-state index in [1.807, 2.05) is 0 Å². The molecule has 7 nitrogen and oxygen atoms in total. The highest BCUT2D eigenvalue weighted by Gasteiger charge is 2.20. The summed E-state index contributed by atoms with van der Waals surface area (Å²) in [5.41, 5.74) is 0. The lowest BCUT2D eigenvalue weighted by atomic mass is 10.5. The summed E-state index contributed by atoms with van der Waals surface area (Å²) in [5, 5.41) is 8.41. The van der Waals surface area contributed by atoms with Crippen LogP contribution in [0.5, 0.6) is 0 Å². The summed E-state index contributed by atoms with van der Waals surface area (Å²) in [7, 11) is 2.23. The van der Waals surface area contributed by atoms with Gasteiger partial charge in [0.15, 0.2) is 0 Å². The molecule has 7 heteroatoms. The van der Waals surface area contributed by atoms with Crippen LogP contribution in [-0.2, 0) is 19.1 Å². The largest absolute Gasteiger partial charge is 0.480 e. The Balaban J connectivity index is 4.31. The molecule has 0 bridgehead atoms. The maximum atomic E-state index is 10.9. The predicted octanol–water partition coefficient (Wildman–Crippen LogP) is -0.688. The van der Waals surface area contributed by atoms with Crippen LogP contribution in [0.25, 0.3) is 0 Å². The molecule has 0 saturated heterocycles. The van der Waals surface area contributed by atoms with Crippen molar-refractivity contribution in [2.24, 2.45) is 0 Å². The first-order valence-corrected chi connectivity index (χ1v) is 3.62. The van der Waals surface area contributed by atoms with Crippen LogP contribution in [0.4, 0.5) is 4.79 Å². The minimum Gasteiger partial charge on any atom is -0.480 e. The first-order chi connectivity index (χ1) is 6.51. The van der Waals surface area contributed by atoms with E-state index in [4.69, 9.17) is 5.11 Å². The molecule has 0 rings (SSSR count). The zero-order valence-corrected chi connectivity index (χ0v) is 7.85.